The normalized spacial score (nSPS) is 30.7. The minimum Gasteiger partial charge on any atom is -0.500 e. The molecule has 0 aromatic rings. The van der Waals surface area contributed by atoms with Gasteiger partial charge in [-0.2, -0.15) is 0 Å². The fourth-order valence-electron chi connectivity index (χ4n) is 2.84. The molecule has 0 saturated carbocycles. The van der Waals surface area contributed by atoms with Crippen molar-refractivity contribution >= 4 is 18.2 Å². The van der Waals surface area contributed by atoms with Crippen molar-refractivity contribution in [2.24, 2.45) is 17.8 Å². The third-order valence-electron chi connectivity index (χ3n) is 4.03. The molecule has 2 heterocycles. The highest BCUT2D eigenvalue weighted by atomic mass is 35.5. The van der Waals surface area contributed by atoms with Crippen molar-refractivity contribution in [1.29, 1.82) is 0 Å². The number of allylic oxidation sites excluding steroid dienone is 4. The highest BCUT2D eigenvalue weighted by Crippen LogP contribution is 2.30. The van der Waals surface area contributed by atoms with Gasteiger partial charge in [-0.15, -0.1) is 12.4 Å². The maximum absolute atomic E-state index is 12.2. The molecule has 4 heteroatoms. The number of fused-ring (bicyclic) bond motifs is 1. The van der Waals surface area contributed by atoms with Gasteiger partial charge in [0.2, 0.25) is 0 Å². The average molecular weight is 282 g/mol. The Morgan fingerprint density at radius 1 is 1.26 bits per heavy atom. The molecule has 0 spiro atoms. The minimum atomic E-state index is -0.0521. The standard InChI is InChI=1S/C15H19NO2.ClH/c17-15-12(2-1-11-5-7-16-8-6-11)3-4-13-9-18-10-14(13)15;/h1-4,9,11-12,14,16H,5-8,10H2;1H/b2-1+;. The summed E-state index contributed by atoms with van der Waals surface area (Å²) in [4.78, 5) is 12.2. The quantitative estimate of drug-likeness (QED) is 0.789. The second kappa shape index (κ2) is 6.40. The topological polar surface area (TPSA) is 38.3 Å². The number of carbonyl (C=O) groups excluding carboxylic acids is 1. The number of hydrogen-bond acceptors (Lipinski definition) is 3. The molecule has 2 atom stereocenters. The van der Waals surface area contributed by atoms with Crippen molar-refractivity contribution in [2.45, 2.75) is 12.8 Å². The molecular weight excluding hydrogens is 262 g/mol. The van der Waals surface area contributed by atoms with E-state index < -0.39 is 0 Å². The molecule has 3 rings (SSSR count). The number of carbonyl (C=O) groups is 1. The van der Waals surface area contributed by atoms with Crippen LogP contribution in [0.4, 0.5) is 0 Å². The first-order chi connectivity index (χ1) is 8.84. The van der Waals surface area contributed by atoms with Crippen molar-refractivity contribution in [3.63, 3.8) is 0 Å². The Morgan fingerprint density at radius 2 is 2.05 bits per heavy atom. The van der Waals surface area contributed by atoms with Crippen LogP contribution >= 0.6 is 12.4 Å². The van der Waals surface area contributed by atoms with E-state index in [9.17, 15) is 4.79 Å². The van der Waals surface area contributed by atoms with E-state index >= 15 is 0 Å². The van der Waals surface area contributed by atoms with Gasteiger partial charge < -0.3 is 10.1 Å². The zero-order valence-corrected chi connectivity index (χ0v) is 11.7. The van der Waals surface area contributed by atoms with Crippen LogP contribution in [0.15, 0.2) is 36.1 Å². The highest BCUT2D eigenvalue weighted by molar-refractivity contribution is 5.91. The molecular formula is C15H20ClNO2. The lowest BCUT2D eigenvalue weighted by Crippen LogP contribution is -2.28. The first kappa shape index (κ1) is 14.4. The van der Waals surface area contributed by atoms with Crippen LogP contribution in [0, 0.1) is 17.8 Å². The Labute approximate surface area is 120 Å². The first-order valence-electron chi connectivity index (χ1n) is 6.77. The van der Waals surface area contributed by atoms with Gasteiger partial charge in [0.1, 0.15) is 6.61 Å². The summed E-state index contributed by atoms with van der Waals surface area (Å²) in [6.45, 7) is 2.70. The molecule has 2 unspecified atom stereocenters. The van der Waals surface area contributed by atoms with Gasteiger partial charge in [-0.3, -0.25) is 4.79 Å². The van der Waals surface area contributed by atoms with E-state index in [-0.39, 0.29) is 30.0 Å². The molecule has 2 aliphatic heterocycles. The second-order valence-corrected chi connectivity index (χ2v) is 5.26. The van der Waals surface area contributed by atoms with Crippen molar-refractivity contribution in [1.82, 2.24) is 5.32 Å². The molecule has 0 bridgehead atoms. The fourth-order valence-corrected chi connectivity index (χ4v) is 2.84. The molecule has 19 heavy (non-hydrogen) atoms. The molecule has 0 radical (unpaired) electrons. The average Bonchev–Trinajstić information content (AvgIpc) is 2.88. The van der Waals surface area contributed by atoms with Crippen LogP contribution in [0.5, 0.6) is 0 Å². The molecule has 104 valence electrons. The Morgan fingerprint density at radius 3 is 2.84 bits per heavy atom. The van der Waals surface area contributed by atoms with Gasteiger partial charge >= 0.3 is 0 Å². The zero-order chi connectivity index (χ0) is 12.4. The fraction of sp³-hybridized carbons (Fsp3) is 0.533. The molecule has 0 aromatic carbocycles. The van der Waals surface area contributed by atoms with Crippen LogP contribution in [-0.2, 0) is 9.53 Å². The van der Waals surface area contributed by atoms with Gasteiger partial charge in [0.15, 0.2) is 5.78 Å². The van der Waals surface area contributed by atoms with Crippen molar-refractivity contribution in [2.75, 3.05) is 19.7 Å². The van der Waals surface area contributed by atoms with Crippen LogP contribution in [0.1, 0.15) is 12.8 Å². The number of rotatable bonds is 2. The van der Waals surface area contributed by atoms with E-state index in [2.05, 4.69) is 17.5 Å². The smallest absolute Gasteiger partial charge is 0.154 e. The summed E-state index contributed by atoms with van der Waals surface area (Å²) in [6.07, 6.45) is 12.4. The lowest BCUT2D eigenvalue weighted by atomic mass is 9.82. The summed E-state index contributed by atoms with van der Waals surface area (Å²) in [5.41, 5.74) is 1.03. The summed E-state index contributed by atoms with van der Waals surface area (Å²) in [5.74, 6) is 0.831. The molecule has 3 nitrogen and oxygen atoms in total. The number of hydrogen-bond donors (Lipinski definition) is 1. The molecule has 0 aromatic heterocycles. The van der Waals surface area contributed by atoms with E-state index in [4.69, 9.17) is 4.74 Å². The number of halogens is 1. The predicted octanol–water partition coefficient (Wildman–Crippen LogP) is 2.25. The molecule has 1 fully saturated rings. The zero-order valence-electron chi connectivity index (χ0n) is 10.9. The van der Waals surface area contributed by atoms with E-state index in [1.807, 2.05) is 12.2 Å². The van der Waals surface area contributed by atoms with Gasteiger partial charge in [0, 0.05) is 5.57 Å². The largest absolute Gasteiger partial charge is 0.500 e. The molecule has 1 N–H and O–H groups in total. The molecule has 0 amide bonds. The molecule has 1 aliphatic carbocycles. The summed E-state index contributed by atoms with van der Waals surface area (Å²) in [6, 6.07) is 0. The molecule has 1 saturated heterocycles. The lowest BCUT2D eigenvalue weighted by Gasteiger charge is -2.21. The van der Waals surface area contributed by atoms with E-state index in [1.54, 1.807) is 6.26 Å². The van der Waals surface area contributed by atoms with Crippen LogP contribution in [0.25, 0.3) is 0 Å². The number of ketones is 1. The van der Waals surface area contributed by atoms with E-state index in [0.29, 0.717) is 12.5 Å². The number of piperidine rings is 1. The summed E-state index contributed by atoms with van der Waals surface area (Å²) in [5, 5.41) is 3.35. The Kier molecular flexibility index (Phi) is 4.83. The summed E-state index contributed by atoms with van der Waals surface area (Å²) >= 11 is 0. The van der Waals surface area contributed by atoms with Crippen molar-refractivity contribution in [3.8, 4) is 0 Å². The lowest BCUT2D eigenvalue weighted by molar-refractivity contribution is -0.123. The Balaban J connectivity index is 0.00000133. The van der Waals surface area contributed by atoms with Gasteiger partial charge in [-0.25, -0.2) is 0 Å². The number of Topliss-reactive ketones (excluding diaryl/α,β-unsaturated/α-hetero) is 1. The van der Waals surface area contributed by atoms with Gasteiger partial charge in [-0.1, -0.05) is 24.3 Å². The SMILES string of the molecule is Cl.O=C1C(/C=C/C2CCNCC2)C=CC2=COCC12. The van der Waals surface area contributed by atoms with Crippen LogP contribution in [0.3, 0.4) is 0 Å². The summed E-state index contributed by atoms with van der Waals surface area (Å²) < 4.78 is 5.24. The van der Waals surface area contributed by atoms with E-state index in [0.717, 1.165) is 18.7 Å². The van der Waals surface area contributed by atoms with Gasteiger partial charge in [-0.05, 0) is 31.8 Å². The van der Waals surface area contributed by atoms with Crippen LogP contribution in [-0.4, -0.2) is 25.5 Å². The Hall–Kier alpha value is -1.06. The third kappa shape index (κ3) is 3.10. The van der Waals surface area contributed by atoms with E-state index in [1.165, 1.54) is 12.8 Å². The van der Waals surface area contributed by atoms with Crippen LogP contribution < -0.4 is 5.32 Å². The second-order valence-electron chi connectivity index (χ2n) is 5.26. The maximum Gasteiger partial charge on any atom is 0.154 e. The number of nitrogens with one attached hydrogen (secondary N) is 1. The van der Waals surface area contributed by atoms with Crippen molar-refractivity contribution < 1.29 is 9.53 Å². The van der Waals surface area contributed by atoms with Crippen molar-refractivity contribution in [3.05, 3.63) is 36.1 Å². The predicted molar refractivity (Wildman–Crippen MR) is 77.1 cm³/mol. The third-order valence-corrected chi connectivity index (χ3v) is 4.03. The monoisotopic (exact) mass is 281 g/mol. The van der Waals surface area contributed by atoms with Crippen LogP contribution in [0.2, 0.25) is 0 Å². The van der Waals surface area contributed by atoms with Gasteiger partial charge in [0.25, 0.3) is 0 Å². The molecule has 3 aliphatic rings. The van der Waals surface area contributed by atoms with Gasteiger partial charge in [0.05, 0.1) is 18.1 Å². The summed E-state index contributed by atoms with van der Waals surface area (Å²) in [7, 11) is 0. The maximum atomic E-state index is 12.2. The Bertz CT molecular complexity index is 422. The first-order valence-corrected chi connectivity index (χ1v) is 6.77. The minimum absolute atomic E-state index is 0. The number of ether oxygens (including phenoxy) is 1. The highest BCUT2D eigenvalue weighted by Gasteiger charge is 2.33.